The van der Waals surface area contributed by atoms with Gasteiger partial charge in [0.1, 0.15) is 0 Å². The molecular weight excluding hydrogens is 198 g/mol. The topological polar surface area (TPSA) is 101 Å². The van der Waals surface area contributed by atoms with Crippen LogP contribution in [0.4, 0.5) is 0 Å². The van der Waals surface area contributed by atoms with Crippen molar-refractivity contribution in [2.24, 2.45) is 0 Å². The Morgan fingerprint density at radius 3 is 2.77 bits per heavy atom. The summed E-state index contributed by atoms with van der Waals surface area (Å²) in [5.41, 5.74) is 0. The van der Waals surface area contributed by atoms with Gasteiger partial charge in [0.15, 0.2) is 0 Å². The van der Waals surface area contributed by atoms with Crippen LogP contribution in [0.5, 0.6) is 0 Å². The van der Waals surface area contributed by atoms with Gasteiger partial charge in [0.2, 0.25) is 15.8 Å². The molecule has 0 spiro atoms. The van der Waals surface area contributed by atoms with Gasteiger partial charge < -0.3 is 5.11 Å². The molecule has 8 heteroatoms. The Morgan fingerprint density at radius 1 is 1.69 bits per heavy atom. The summed E-state index contributed by atoms with van der Waals surface area (Å²) in [7, 11) is -3.49. The maximum atomic E-state index is 10.7. The van der Waals surface area contributed by atoms with Crippen molar-refractivity contribution in [3.05, 3.63) is 18.2 Å². The van der Waals surface area contributed by atoms with Gasteiger partial charge >= 0.3 is 5.97 Å². The third-order valence-corrected chi connectivity index (χ3v) is 1.62. The summed E-state index contributed by atoms with van der Waals surface area (Å²) >= 11 is 0. The molecule has 0 saturated heterocycles. The molecule has 0 amide bonds. The molecule has 7 nitrogen and oxygen atoms in total. The lowest BCUT2D eigenvalue weighted by Crippen LogP contribution is -2.24. The fourth-order valence-corrected chi connectivity index (χ4v) is 1.22. The van der Waals surface area contributed by atoms with Gasteiger partial charge in [-0.1, -0.05) is 0 Å². The number of sulfonamides is 1. The summed E-state index contributed by atoms with van der Waals surface area (Å²) in [6.45, 7) is 0. The SMILES string of the molecule is CS(=O)(=O)Nn1ccnc1C(=O)O. The highest BCUT2D eigenvalue weighted by Crippen LogP contribution is 1.95. The van der Waals surface area contributed by atoms with E-state index in [-0.39, 0.29) is 5.82 Å². The number of carboxylic acid groups (broad SMARTS) is 1. The Bertz CT molecular complexity index is 421. The third kappa shape index (κ3) is 2.44. The van der Waals surface area contributed by atoms with Gasteiger partial charge in [-0.15, -0.1) is 0 Å². The molecule has 13 heavy (non-hydrogen) atoms. The standard InChI is InChI=1S/C5H7N3O4S/c1-13(11,12)7-8-3-2-6-4(8)5(9)10/h2-3,7H,1H3,(H,9,10). The zero-order chi connectivity index (χ0) is 10.1. The molecule has 0 unspecified atom stereocenters. The number of imidazole rings is 1. The molecule has 0 aliphatic carbocycles. The number of aromatic nitrogens is 2. The first kappa shape index (κ1) is 9.52. The highest BCUT2D eigenvalue weighted by molar-refractivity contribution is 7.91. The molecule has 2 N–H and O–H groups in total. The van der Waals surface area contributed by atoms with Crippen molar-refractivity contribution in [3.8, 4) is 0 Å². The van der Waals surface area contributed by atoms with E-state index >= 15 is 0 Å². The van der Waals surface area contributed by atoms with Gasteiger partial charge in [-0.25, -0.2) is 27.7 Å². The molecule has 1 aromatic rings. The summed E-state index contributed by atoms with van der Waals surface area (Å²) in [6, 6.07) is 0. The van der Waals surface area contributed by atoms with Crippen LogP contribution in [0.25, 0.3) is 0 Å². The van der Waals surface area contributed by atoms with Crippen molar-refractivity contribution in [1.82, 2.24) is 9.66 Å². The van der Waals surface area contributed by atoms with E-state index < -0.39 is 16.0 Å². The van der Waals surface area contributed by atoms with Gasteiger partial charge in [-0.2, -0.15) is 0 Å². The monoisotopic (exact) mass is 205 g/mol. The molecule has 1 rings (SSSR count). The second kappa shape index (κ2) is 3.05. The number of carbonyl (C=O) groups is 1. The zero-order valence-corrected chi connectivity index (χ0v) is 7.45. The van der Waals surface area contributed by atoms with E-state index in [9.17, 15) is 13.2 Å². The summed E-state index contributed by atoms with van der Waals surface area (Å²) in [6.07, 6.45) is 3.30. The van der Waals surface area contributed by atoms with E-state index in [4.69, 9.17) is 5.11 Å². The van der Waals surface area contributed by atoms with Crippen LogP contribution in [0.15, 0.2) is 12.4 Å². The predicted molar refractivity (Wildman–Crippen MR) is 43.4 cm³/mol. The largest absolute Gasteiger partial charge is 0.475 e. The minimum Gasteiger partial charge on any atom is -0.475 e. The number of aromatic carboxylic acids is 1. The fourth-order valence-electron chi connectivity index (χ4n) is 0.714. The second-order valence-corrected chi connectivity index (χ2v) is 4.02. The molecule has 0 aliphatic heterocycles. The highest BCUT2D eigenvalue weighted by Gasteiger charge is 2.12. The molecule has 0 bridgehead atoms. The average molecular weight is 205 g/mol. The van der Waals surface area contributed by atoms with Gasteiger partial charge in [0, 0.05) is 12.4 Å². The Hall–Kier alpha value is -1.57. The minimum atomic E-state index is -3.49. The molecule has 0 saturated carbocycles. The van der Waals surface area contributed by atoms with E-state index in [0.717, 1.165) is 10.9 Å². The zero-order valence-electron chi connectivity index (χ0n) is 6.63. The van der Waals surface area contributed by atoms with Crippen LogP contribution in [0.3, 0.4) is 0 Å². The number of nitrogens with one attached hydrogen (secondary N) is 1. The van der Waals surface area contributed by atoms with E-state index in [2.05, 4.69) is 4.98 Å². The van der Waals surface area contributed by atoms with Crippen LogP contribution in [-0.2, 0) is 10.0 Å². The van der Waals surface area contributed by atoms with Crippen LogP contribution in [0, 0.1) is 0 Å². The predicted octanol–water partition coefficient (Wildman–Crippen LogP) is -0.916. The molecule has 1 aromatic heterocycles. The van der Waals surface area contributed by atoms with E-state index in [1.54, 1.807) is 0 Å². The fraction of sp³-hybridized carbons (Fsp3) is 0.200. The first-order chi connectivity index (χ1) is 5.90. The van der Waals surface area contributed by atoms with Crippen molar-refractivity contribution >= 4 is 16.0 Å². The summed E-state index contributed by atoms with van der Waals surface area (Å²) in [5.74, 6) is -1.69. The van der Waals surface area contributed by atoms with Gasteiger partial charge in [-0.05, 0) is 0 Å². The van der Waals surface area contributed by atoms with Gasteiger partial charge in [-0.3, -0.25) is 0 Å². The Kier molecular flexibility index (Phi) is 2.24. The molecule has 72 valence electrons. The normalized spacial score (nSPS) is 11.2. The lowest BCUT2D eigenvalue weighted by Gasteiger charge is -2.04. The lowest BCUT2D eigenvalue weighted by atomic mass is 10.6. The third-order valence-electron chi connectivity index (χ3n) is 1.10. The first-order valence-corrected chi connectivity index (χ1v) is 5.04. The van der Waals surface area contributed by atoms with Crippen molar-refractivity contribution in [2.75, 3.05) is 11.1 Å². The first-order valence-electron chi connectivity index (χ1n) is 3.14. The summed E-state index contributed by atoms with van der Waals surface area (Å²) < 4.78 is 22.3. The van der Waals surface area contributed by atoms with Crippen molar-refractivity contribution < 1.29 is 18.3 Å². The van der Waals surface area contributed by atoms with Gasteiger partial charge in [0.05, 0.1) is 6.26 Å². The number of hydrogen-bond donors (Lipinski definition) is 2. The number of carboxylic acids is 1. The molecule has 0 atom stereocenters. The van der Waals surface area contributed by atoms with E-state index in [1.165, 1.54) is 12.4 Å². The Labute approximate surface area is 74.0 Å². The summed E-state index contributed by atoms with van der Waals surface area (Å²) in [5, 5.41) is 8.53. The Morgan fingerprint density at radius 2 is 2.31 bits per heavy atom. The van der Waals surface area contributed by atoms with Crippen molar-refractivity contribution in [2.45, 2.75) is 0 Å². The van der Waals surface area contributed by atoms with Crippen molar-refractivity contribution in [1.29, 1.82) is 0 Å². The molecule has 0 aliphatic rings. The quantitative estimate of drug-likeness (QED) is 0.664. The number of nitrogens with zero attached hydrogens (tertiary/aromatic N) is 2. The summed E-state index contributed by atoms with van der Waals surface area (Å²) in [4.78, 5) is 15.8. The van der Waals surface area contributed by atoms with Crippen LogP contribution >= 0.6 is 0 Å². The number of rotatable bonds is 3. The molecular formula is C5H7N3O4S. The average Bonchev–Trinajstić information content (AvgIpc) is 2.31. The van der Waals surface area contributed by atoms with Crippen molar-refractivity contribution in [3.63, 3.8) is 0 Å². The molecule has 1 heterocycles. The van der Waals surface area contributed by atoms with Crippen LogP contribution in [0.1, 0.15) is 10.6 Å². The van der Waals surface area contributed by atoms with E-state index in [1.807, 2.05) is 4.83 Å². The maximum Gasteiger partial charge on any atom is 0.373 e. The molecule has 0 fully saturated rings. The van der Waals surface area contributed by atoms with Gasteiger partial charge in [0.25, 0.3) is 0 Å². The minimum absolute atomic E-state index is 0.384. The Balaban J connectivity index is 3.02. The molecule has 0 aromatic carbocycles. The van der Waals surface area contributed by atoms with Crippen LogP contribution in [0.2, 0.25) is 0 Å². The maximum absolute atomic E-state index is 10.7. The molecule has 0 radical (unpaired) electrons. The highest BCUT2D eigenvalue weighted by atomic mass is 32.2. The van der Waals surface area contributed by atoms with Crippen LogP contribution in [-0.4, -0.2) is 35.4 Å². The van der Waals surface area contributed by atoms with E-state index in [0.29, 0.717) is 0 Å². The smallest absolute Gasteiger partial charge is 0.373 e. The van der Waals surface area contributed by atoms with Crippen LogP contribution < -0.4 is 4.83 Å². The lowest BCUT2D eigenvalue weighted by molar-refractivity contribution is 0.0680. The number of hydrogen-bond acceptors (Lipinski definition) is 4. The second-order valence-electron chi connectivity index (χ2n) is 2.29.